The van der Waals surface area contributed by atoms with Crippen LogP contribution in [0.5, 0.6) is 0 Å². The van der Waals surface area contributed by atoms with Gasteiger partial charge in [-0.2, -0.15) is 0 Å². The Morgan fingerprint density at radius 3 is 2.68 bits per heavy atom. The van der Waals surface area contributed by atoms with Crippen molar-refractivity contribution in [2.45, 2.75) is 46.0 Å². The van der Waals surface area contributed by atoms with Crippen LogP contribution in [0.3, 0.4) is 0 Å². The van der Waals surface area contributed by atoms with Gasteiger partial charge in [-0.05, 0) is 25.7 Å². The molecule has 0 radical (unpaired) electrons. The fraction of sp³-hybridized carbons (Fsp3) is 0.643. The number of carbonyl (C=O) groups excluding carboxylic acids is 2. The number of ketones is 1. The van der Waals surface area contributed by atoms with Crippen LogP contribution >= 0.6 is 11.3 Å². The second kappa shape index (κ2) is 5.82. The molecule has 1 heterocycles. The number of thiazole rings is 1. The lowest BCUT2D eigenvalue weighted by Crippen LogP contribution is -2.09. The number of esters is 1. The molecule has 2 unspecified atom stereocenters. The number of rotatable bonds is 4. The number of ether oxygens (including phenoxy) is 1. The quantitative estimate of drug-likeness (QED) is 0.626. The van der Waals surface area contributed by atoms with Gasteiger partial charge in [0.2, 0.25) is 0 Å². The van der Waals surface area contributed by atoms with E-state index in [4.69, 9.17) is 4.74 Å². The summed E-state index contributed by atoms with van der Waals surface area (Å²) in [6, 6.07) is 0. The molecule has 0 N–H and O–H groups in total. The Hall–Kier alpha value is -1.23. The molecule has 1 aromatic heterocycles. The summed E-state index contributed by atoms with van der Waals surface area (Å²) in [5.74, 6) is 0.487. The summed E-state index contributed by atoms with van der Waals surface area (Å²) in [6.07, 6.45) is 3.37. The highest BCUT2D eigenvalue weighted by Crippen LogP contribution is 2.40. The molecule has 1 saturated carbocycles. The van der Waals surface area contributed by atoms with E-state index in [1.165, 1.54) is 24.7 Å². The molecule has 1 aliphatic carbocycles. The lowest BCUT2D eigenvalue weighted by molar-refractivity contribution is 0.0517. The summed E-state index contributed by atoms with van der Waals surface area (Å²) in [5.41, 5.74) is 0.203. The molecule has 4 nitrogen and oxygen atoms in total. The van der Waals surface area contributed by atoms with E-state index in [1.54, 1.807) is 6.92 Å². The predicted molar refractivity (Wildman–Crippen MR) is 73.8 cm³/mol. The standard InChI is InChI=1S/C14H19NO3S/c1-4-18-14(17)11-12(9(3)16)19-13(15-11)10-6-5-8(2)7-10/h8,10H,4-7H2,1-3H3. The topological polar surface area (TPSA) is 56.3 Å². The molecule has 1 fully saturated rings. The van der Waals surface area contributed by atoms with E-state index in [2.05, 4.69) is 11.9 Å². The van der Waals surface area contributed by atoms with E-state index in [0.29, 0.717) is 23.3 Å². The molecule has 0 aromatic carbocycles. The Bertz CT molecular complexity index is 495. The van der Waals surface area contributed by atoms with E-state index >= 15 is 0 Å². The van der Waals surface area contributed by atoms with E-state index in [9.17, 15) is 9.59 Å². The lowest BCUT2D eigenvalue weighted by atomic mass is 10.1. The molecule has 1 aromatic rings. The van der Waals surface area contributed by atoms with Crippen molar-refractivity contribution < 1.29 is 14.3 Å². The molecule has 0 saturated heterocycles. The number of hydrogen-bond acceptors (Lipinski definition) is 5. The molecule has 2 atom stereocenters. The van der Waals surface area contributed by atoms with Crippen LogP contribution in [0.4, 0.5) is 0 Å². The number of carbonyl (C=O) groups is 2. The maximum atomic E-state index is 11.8. The fourth-order valence-electron chi connectivity index (χ4n) is 2.52. The molecule has 1 aliphatic rings. The molecule has 0 bridgehead atoms. The zero-order valence-electron chi connectivity index (χ0n) is 11.6. The van der Waals surface area contributed by atoms with Crippen LogP contribution in [0.1, 0.15) is 71.1 Å². The van der Waals surface area contributed by atoms with Crippen LogP contribution in [0.2, 0.25) is 0 Å². The van der Waals surface area contributed by atoms with Crippen molar-refractivity contribution in [3.63, 3.8) is 0 Å². The maximum absolute atomic E-state index is 11.8. The Morgan fingerprint density at radius 1 is 1.42 bits per heavy atom. The molecule has 2 rings (SSSR count). The van der Waals surface area contributed by atoms with Gasteiger partial charge in [0, 0.05) is 12.8 Å². The third-order valence-electron chi connectivity index (χ3n) is 3.48. The molecule has 104 valence electrons. The number of Topliss-reactive ketones (excluding diaryl/α,β-unsaturated/α-hetero) is 1. The summed E-state index contributed by atoms with van der Waals surface area (Å²) < 4.78 is 4.97. The predicted octanol–water partition coefficient (Wildman–Crippen LogP) is 3.43. The van der Waals surface area contributed by atoms with Crippen molar-refractivity contribution in [3.8, 4) is 0 Å². The smallest absolute Gasteiger partial charge is 0.358 e. The Labute approximate surface area is 117 Å². The molecular formula is C14H19NO3S. The van der Waals surface area contributed by atoms with Crippen molar-refractivity contribution in [2.75, 3.05) is 6.61 Å². The van der Waals surface area contributed by atoms with E-state index in [0.717, 1.165) is 17.8 Å². The third-order valence-corrected chi connectivity index (χ3v) is 4.79. The van der Waals surface area contributed by atoms with Gasteiger partial charge in [0.15, 0.2) is 11.5 Å². The first-order valence-electron chi connectivity index (χ1n) is 6.71. The Balaban J connectivity index is 2.29. The van der Waals surface area contributed by atoms with Crippen LogP contribution in [-0.2, 0) is 4.74 Å². The normalized spacial score (nSPS) is 22.5. The van der Waals surface area contributed by atoms with Gasteiger partial charge in [0.25, 0.3) is 0 Å². The van der Waals surface area contributed by atoms with Gasteiger partial charge >= 0.3 is 5.97 Å². The number of aromatic nitrogens is 1. The molecule has 0 spiro atoms. The first kappa shape index (κ1) is 14.2. The Morgan fingerprint density at radius 2 is 2.16 bits per heavy atom. The summed E-state index contributed by atoms with van der Waals surface area (Å²) in [5, 5.41) is 0.914. The van der Waals surface area contributed by atoms with Crippen molar-refractivity contribution in [2.24, 2.45) is 5.92 Å². The van der Waals surface area contributed by atoms with Crippen LogP contribution in [0.15, 0.2) is 0 Å². The minimum atomic E-state index is -0.485. The lowest BCUT2D eigenvalue weighted by Gasteiger charge is -2.04. The first-order valence-corrected chi connectivity index (χ1v) is 7.53. The van der Waals surface area contributed by atoms with Crippen LogP contribution < -0.4 is 0 Å². The van der Waals surface area contributed by atoms with Gasteiger partial charge in [0.1, 0.15) is 4.88 Å². The van der Waals surface area contributed by atoms with Crippen molar-refractivity contribution in [3.05, 3.63) is 15.6 Å². The maximum Gasteiger partial charge on any atom is 0.358 e. The SMILES string of the molecule is CCOC(=O)c1nc(C2CCC(C)C2)sc1C(C)=O. The molecule has 19 heavy (non-hydrogen) atoms. The first-order chi connectivity index (χ1) is 9.02. The van der Waals surface area contributed by atoms with Gasteiger partial charge < -0.3 is 4.74 Å². The molecule has 0 aliphatic heterocycles. The second-order valence-corrected chi connectivity index (χ2v) is 6.15. The average Bonchev–Trinajstić information content (AvgIpc) is 2.94. The van der Waals surface area contributed by atoms with Gasteiger partial charge in [-0.1, -0.05) is 13.3 Å². The van der Waals surface area contributed by atoms with Gasteiger partial charge in [-0.25, -0.2) is 9.78 Å². The van der Waals surface area contributed by atoms with E-state index in [1.807, 2.05) is 0 Å². The number of nitrogens with zero attached hydrogens (tertiary/aromatic N) is 1. The second-order valence-electron chi connectivity index (χ2n) is 5.12. The molecule has 0 amide bonds. The van der Waals surface area contributed by atoms with E-state index in [-0.39, 0.29) is 11.5 Å². The zero-order valence-corrected chi connectivity index (χ0v) is 12.4. The third kappa shape index (κ3) is 3.03. The van der Waals surface area contributed by atoms with Gasteiger partial charge in [-0.3, -0.25) is 4.79 Å². The summed E-state index contributed by atoms with van der Waals surface area (Å²) in [7, 11) is 0. The summed E-state index contributed by atoms with van der Waals surface area (Å²) in [6.45, 7) is 5.74. The molecule has 5 heteroatoms. The largest absolute Gasteiger partial charge is 0.461 e. The van der Waals surface area contributed by atoms with Crippen LogP contribution in [0.25, 0.3) is 0 Å². The highest BCUT2D eigenvalue weighted by molar-refractivity contribution is 7.14. The monoisotopic (exact) mass is 281 g/mol. The van der Waals surface area contributed by atoms with Crippen molar-refractivity contribution in [1.29, 1.82) is 0 Å². The summed E-state index contributed by atoms with van der Waals surface area (Å²) >= 11 is 1.36. The highest BCUT2D eigenvalue weighted by atomic mass is 32.1. The Kier molecular flexibility index (Phi) is 4.34. The van der Waals surface area contributed by atoms with Crippen LogP contribution in [0, 0.1) is 5.92 Å². The van der Waals surface area contributed by atoms with Gasteiger partial charge in [-0.15, -0.1) is 11.3 Å². The van der Waals surface area contributed by atoms with Gasteiger partial charge in [0.05, 0.1) is 11.6 Å². The van der Waals surface area contributed by atoms with Crippen molar-refractivity contribution in [1.82, 2.24) is 4.98 Å². The minimum absolute atomic E-state index is 0.113. The van der Waals surface area contributed by atoms with Crippen LogP contribution in [-0.4, -0.2) is 23.3 Å². The fourth-order valence-corrected chi connectivity index (χ4v) is 3.62. The highest BCUT2D eigenvalue weighted by Gasteiger charge is 2.29. The molecular weight excluding hydrogens is 262 g/mol. The average molecular weight is 281 g/mol. The minimum Gasteiger partial charge on any atom is -0.461 e. The van der Waals surface area contributed by atoms with Crippen molar-refractivity contribution >= 4 is 23.1 Å². The zero-order chi connectivity index (χ0) is 14.0. The summed E-state index contributed by atoms with van der Waals surface area (Å²) in [4.78, 5) is 28.3. The number of hydrogen-bond donors (Lipinski definition) is 0. The van der Waals surface area contributed by atoms with E-state index < -0.39 is 5.97 Å².